The highest BCUT2D eigenvalue weighted by atomic mass is 16.5. The number of nitrogens with one attached hydrogen (secondary N) is 1. The fraction of sp³-hybridized carbons (Fsp3) is 0.692. The van der Waals surface area contributed by atoms with Gasteiger partial charge in [-0.05, 0) is 38.2 Å². The minimum atomic E-state index is 0.305. The highest BCUT2D eigenvalue weighted by molar-refractivity contribution is 5.28. The first-order chi connectivity index (χ1) is 8.07. The number of hydrogen-bond acceptors (Lipinski definition) is 4. The van der Waals surface area contributed by atoms with Crippen LogP contribution in [0, 0.1) is 19.3 Å². The van der Waals surface area contributed by atoms with Crippen LogP contribution in [0.15, 0.2) is 6.07 Å². The smallest absolute Gasteiger partial charge is 0.223 e. The third-order valence-electron chi connectivity index (χ3n) is 3.36. The molecule has 0 amide bonds. The van der Waals surface area contributed by atoms with Crippen LogP contribution in [0.2, 0.25) is 0 Å². The molecule has 0 bridgehead atoms. The van der Waals surface area contributed by atoms with E-state index in [0.29, 0.717) is 5.41 Å². The van der Waals surface area contributed by atoms with Crippen LogP contribution in [0.5, 0.6) is 0 Å². The van der Waals surface area contributed by atoms with E-state index in [1.807, 2.05) is 19.9 Å². The normalized spacial score (nSPS) is 19.0. The molecular weight excluding hydrogens is 214 g/mol. The first-order valence-electron chi connectivity index (χ1n) is 6.21. The van der Waals surface area contributed by atoms with Crippen molar-refractivity contribution in [2.45, 2.75) is 33.6 Å². The largest absolute Gasteiger partial charge is 0.381 e. The van der Waals surface area contributed by atoms with Crippen molar-refractivity contribution < 1.29 is 4.74 Å². The maximum atomic E-state index is 5.40. The second kappa shape index (κ2) is 5.00. The van der Waals surface area contributed by atoms with Crippen molar-refractivity contribution in [3.05, 3.63) is 17.5 Å². The Kier molecular flexibility index (Phi) is 3.62. The van der Waals surface area contributed by atoms with Crippen molar-refractivity contribution in [3.8, 4) is 0 Å². The SMILES string of the molecule is Cc1cc(C)nc(NCC2(C)CCOCC2)n1. The number of ether oxygens (including phenoxy) is 1. The highest BCUT2D eigenvalue weighted by Crippen LogP contribution is 2.29. The Morgan fingerprint density at radius 2 is 1.82 bits per heavy atom. The third kappa shape index (κ3) is 3.40. The molecule has 1 N–H and O–H groups in total. The molecule has 0 aliphatic carbocycles. The predicted octanol–water partition coefficient (Wildman–Crippen LogP) is 2.32. The summed E-state index contributed by atoms with van der Waals surface area (Å²) in [6.45, 7) is 8.94. The van der Waals surface area contributed by atoms with E-state index in [4.69, 9.17) is 4.74 Å². The molecule has 94 valence electrons. The molecule has 0 saturated carbocycles. The van der Waals surface area contributed by atoms with Gasteiger partial charge in [0.15, 0.2) is 0 Å². The van der Waals surface area contributed by atoms with Crippen molar-refractivity contribution in [2.24, 2.45) is 5.41 Å². The van der Waals surface area contributed by atoms with E-state index >= 15 is 0 Å². The number of aromatic nitrogens is 2. The molecule has 0 atom stereocenters. The summed E-state index contributed by atoms with van der Waals surface area (Å²) in [6.07, 6.45) is 2.20. The molecule has 1 saturated heterocycles. The van der Waals surface area contributed by atoms with Crippen LogP contribution in [-0.4, -0.2) is 29.7 Å². The minimum Gasteiger partial charge on any atom is -0.381 e. The summed E-state index contributed by atoms with van der Waals surface area (Å²) in [5.74, 6) is 0.746. The minimum absolute atomic E-state index is 0.305. The molecule has 1 aliphatic rings. The van der Waals surface area contributed by atoms with Gasteiger partial charge >= 0.3 is 0 Å². The summed E-state index contributed by atoms with van der Waals surface area (Å²) in [5, 5.41) is 3.36. The first kappa shape index (κ1) is 12.3. The Morgan fingerprint density at radius 3 is 2.41 bits per heavy atom. The lowest BCUT2D eigenvalue weighted by molar-refractivity contribution is 0.0299. The van der Waals surface area contributed by atoms with E-state index in [2.05, 4.69) is 22.2 Å². The monoisotopic (exact) mass is 235 g/mol. The molecule has 1 aromatic rings. The fourth-order valence-electron chi connectivity index (χ4n) is 2.14. The molecule has 0 unspecified atom stereocenters. The van der Waals surface area contributed by atoms with Crippen LogP contribution in [0.3, 0.4) is 0 Å². The van der Waals surface area contributed by atoms with Gasteiger partial charge in [0.1, 0.15) is 0 Å². The second-order valence-electron chi connectivity index (χ2n) is 5.25. The van der Waals surface area contributed by atoms with Gasteiger partial charge in [-0.25, -0.2) is 9.97 Å². The fourth-order valence-corrected chi connectivity index (χ4v) is 2.14. The average Bonchev–Trinajstić information content (AvgIpc) is 2.26. The van der Waals surface area contributed by atoms with Gasteiger partial charge in [-0.2, -0.15) is 0 Å². The van der Waals surface area contributed by atoms with Crippen molar-refractivity contribution in [1.82, 2.24) is 9.97 Å². The summed E-state index contributed by atoms with van der Waals surface area (Å²) >= 11 is 0. The van der Waals surface area contributed by atoms with Gasteiger partial charge in [0.2, 0.25) is 5.95 Å². The Balaban J connectivity index is 1.96. The molecule has 0 radical (unpaired) electrons. The molecule has 2 heterocycles. The zero-order valence-electron chi connectivity index (χ0n) is 10.9. The summed E-state index contributed by atoms with van der Waals surface area (Å²) in [5.41, 5.74) is 2.33. The van der Waals surface area contributed by atoms with E-state index in [1.54, 1.807) is 0 Å². The zero-order valence-corrected chi connectivity index (χ0v) is 10.9. The quantitative estimate of drug-likeness (QED) is 0.873. The third-order valence-corrected chi connectivity index (χ3v) is 3.36. The molecular formula is C13H21N3O. The summed E-state index contributed by atoms with van der Waals surface area (Å²) < 4.78 is 5.40. The lowest BCUT2D eigenvalue weighted by Crippen LogP contribution is -2.33. The van der Waals surface area contributed by atoms with E-state index in [-0.39, 0.29) is 0 Å². The van der Waals surface area contributed by atoms with Gasteiger partial charge < -0.3 is 10.1 Å². The summed E-state index contributed by atoms with van der Waals surface area (Å²) in [7, 11) is 0. The summed E-state index contributed by atoms with van der Waals surface area (Å²) in [4.78, 5) is 8.79. The molecule has 0 aromatic carbocycles. The molecule has 17 heavy (non-hydrogen) atoms. The average molecular weight is 235 g/mol. The van der Waals surface area contributed by atoms with Gasteiger partial charge in [-0.15, -0.1) is 0 Å². The van der Waals surface area contributed by atoms with Crippen molar-refractivity contribution in [1.29, 1.82) is 0 Å². The first-order valence-corrected chi connectivity index (χ1v) is 6.21. The molecule has 4 heteroatoms. The van der Waals surface area contributed by atoms with Gasteiger partial charge in [-0.1, -0.05) is 6.92 Å². The number of rotatable bonds is 3. The lowest BCUT2D eigenvalue weighted by atomic mass is 9.82. The van der Waals surface area contributed by atoms with Gasteiger partial charge in [0, 0.05) is 31.1 Å². The van der Waals surface area contributed by atoms with Crippen molar-refractivity contribution in [2.75, 3.05) is 25.1 Å². The maximum absolute atomic E-state index is 5.40. The van der Waals surface area contributed by atoms with E-state index in [9.17, 15) is 0 Å². The van der Waals surface area contributed by atoms with Crippen LogP contribution < -0.4 is 5.32 Å². The number of nitrogens with zero attached hydrogens (tertiary/aromatic N) is 2. The molecule has 1 fully saturated rings. The zero-order chi connectivity index (χ0) is 12.3. The molecule has 0 spiro atoms. The Morgan fingerprint density at radius 1 is 1.24 bits per heavy atom. The van der Waals surface area contributed by atoms with Gasteiger partial charge in [0.05, 0.1) is 0 Å². The number of aryl methyl sites for hydroxylation is 2. The Hall–Kier alpha value is -1.16. The second-order valence-corrected chi connectivity index (χ2v) is 5.25. The van der Waals surface area contributed by atoms with Crippen LogP contribution in [0.4, 0.5) is 5.95 Å². The van der Waals surface area contributed by atoms with Gasteiger partial charge in [-0.3, -0.25) is 0 Å². The standard InChI is InChI=1S/C13H21N3O/c1-10-8-11(2)16-12(15-10)14-9-13(3)4-6-17-7-5-13/h8H,4-7,9H2,1-3H3,(H,14,15,16). The van der Waals surface area contributed by atoms with Crippen molar-refractivity contribution >= 4 is 5.95 Å². The van der Waals surface area contributed by atoms with E-state index in [1.165, 1.54) is 0 Å². The van der Waals surface area contributed by atoms with Crippen LogP contribution in [0.1, 0.15) is 31.2 Å². The lowest BCUT2D eigenvalue weighted by Gasteiger charge is -2.33. The van der Waals surface area contributed by atoms with Crippen LogP contribution in [-0.2, 0) is 4.74 Å². The molecule has 2 rings (SSSR count). The number of anilines is 1. The number of hydrogen-bond donors (Lipinski definition) is 1. The molecule has 1 aromatic heterocycles. The summed E-state index contributed by atoms with van der Waals surface area (Å²) in [6, 6.07) is 1.99. The highest BCUT2D eigenvalue weighted by Gasteiger charge is 2.27. The van der Waals surface area contributed by atoms with Crippen LogP contribution >= 0.6 is 0 Å². The molecule has 1 aliphatic heterocycles. The van der Waals surface area contributed by atoms with E-state index < -0.39 is 0 Å². The Bertz CT molecular complexity index is 366. The van der Waals surface area contributed by atoms with Crippen molar-refractivity contribution in [3.63, 3.8) is 0 Å². The predicted molar refractivity (Wildman–Crippen MR) is 68.2 cm³/mol. The molecule has 4 nitrogen and oxygen atoms in total. The van der Waals surface area contributed by atoms with E-state index in [0.717, 1.165) is 49.9 Å². The topological polar surface area (TPSA) is 47.0 Å². The van der Waals surface area contributed by atoms with Gasteiger partial charge in [0.25, 0.3) is 0 Å². The maximum Gasteiger partial charge on any atom is 0.223 e. The van der Waals surface area contributed by atoms with Crippen LogP contribution in [0.25, 0.3) is 0 Å². The Labute approximate surface area is 103 Å².